The highest BCUT2D eigenvalue weighted by molar-refractivity contribution is 7.18. The Morgan fingerprint density at radius 3 is 2.97 bits per heavy atom. The molecule has 1 aliphatic heterocycles. The van der Waals surface area contributed by atoms with Crippen molar-refractivity contribution in [1.29, 1.82) is 0 Å². The molecule has 3 aromatic rings. The van der Waals surface area contributed by atoms with E-state index in [1.165, 1.54) is 20.7 Å². The first kappa shape index (κ1) is 18.1. The van der Waals surface area contributed by atoms with Crippen LogP contribution in [0.25, 0.3) is 10.2 Å². The molecule has 5 rings (SSSR count). The fourth-order valence-corrected chi connectivity index (χ4v) is 5.28. The van der Waals surface area contributed by atoms with E-state index in [0.29, 0.717) is 22.4 Å². The molecule has 1 amide bonds. The first-order valence-electron chi connectivity index (χ1n) is 9.55. The molecule has 0 fully saturated rings. The topological polar surface area (TPSA) is 81.5 Å². The Labute approximate surface area is 170 Å². The van der Waals surface area contributed by atoms with Crippen LogP contribution < -0.4 is 15.2 Å². The van der Waals surface area contributed by atoms with E-state index in [-0.39, 0.29) is 23.8 Å². The Bertz CT molecular complexity index is 1240. The molecule has 2 aromatic heterocycles. The smallest absolute Gasteiger partial charge is 0.267 e. The van der Waals surface area contributed by atoms with E-state index in [0.717, 1.165) is 29.7 Å². The van der Waals surface area contributed by atoms with Crippen LogP contribution in [-0.4, -0.2) is 34.4 Å². The minimum absolute atomic E-state index is 0.0971. The monoisotopic (exact) mass is 409 g/mol. The standard InChI is InChI=1S/C21H19N3O4S/c1-11-20(26)23(2)14-8-12(6-7-16(14)28-11)15(25)9-24-10-22-19-18(21(24)27)13-4-3-5-17(13)29-19/h6-8,10-11H,3-5,9H2,1-2H3. The minimum atomic E-state index is -0.558. The molecular weight excluding hydrogens is 390 g/mol. The molecule has 8 heteroatoms. The van der Waals surface area contributed by atoms with E-state index in [2.05, 4.69) is 4.98 Å². The van der Waals surface area contributed by atoms with Crippen LogP contribution in [0.5, 0.6) is 5.75 Å². The second-order valence-corrected chi connectivity index (χ2v) is 8.56. The zero-order valence-electron chi connectivity index (χ0n) is 16.1. The number of aromatic nitrogens is 2. The van der Waals surface area contributed by atoms with Crippen LogP contribution in [0.1, 0.15) is 34.1 Å². The summed E-state index contributed by atoms with van der Waals surface area (Å²) in [6.45, 7) is 1.59. The lowest BCUT2D eigenvalue weighted by Crippen LogP contribution is -2.42. The zero-order chi connectivity index (χ0) is 20.3. The number of fused-ring (bicyclic) bond motifs is 4. The summed E-state index contributed by atoms with van der Waals surface area (Å²) >= 11 is 1.58. The molecule has 2 aliphatic rings. The summed E-state index contributed by atoms with van der Waals surface area (Å²) in [5, 5.41) is 0.663. The van der Waals surface area contributed by atoms with Crippen LogP contribution in [0.15, 0.2) is 29.3 Å². The Balaban J connectivity index is 1.48. The fraction of sp³-hybridized carbons (Fsp3) is 0.333. The van der Waals surface area contributed by atoms with E-state index in [1.807, 2.05) is 0 Å². The maximum atomic E-state index is 13.0. The molecule has 7 nitrogen and oxygen atoms in total. The molecular formula is C21H19N3O4S. The number of anilines is 1. The van der Waals surface area contributed by atoms with Crippen molar-refractivity contribution in [1.82, 2.24) is 9.55 Å². The third-order valence-electron chi connectivity index (χ3n) is 5.63. The number of ketones is 1. The normalized spacial score (nSPS) is 17.9. The van der Waals surface area contributed by atoms with Gasteiger partial charge in [-0.25, -0.2) is 4.98 Å². The highest BCUT2D eigenvalue weighted by atomic mass is 32.1. The predicted molar refractivity (Wildman–Crippen MR) is 110 cm³/mol. The number of carbonyl (C=O) groups excluding carboxylic acids is 2. The number of benzene rings is 1. The Morgan fingerprint density at radius 1 is 1.31 bits per heavy atom. The van der Waals surface area contributed by atoms with E-state index in [1.54, 1.807) is 43.5 Å². The van der Waals surface area contributed by atoms with Crippen LogP contribution in [-0.2, 0) is 24.2 Å². The number of likely N-dealkylation sites (N-methyl/N-ethyl adjacent to an activating group) is 1. The van der Waals surface area contributed by atoms with Gasteiger partial charge in [0, 0.05) is 17.5 Å². The van der Waals surface area contributed by atoms with Crippen molar-refractivity contribution in [3.05, 3.63) is 50.9 Å². The van der Waals surface area contributed by atoms with Gasteiger partial charge in [0.1, 0.15) is 10.6 Å². The maximum absolute atomic E-state index is 13.0. The SMILES string of the molecule is CC1Oc2ccc(C(=O)Cn3cnc4sc5c(c4c3=O)CCC5)cc2N(C)C1=O. The summed E-state index contributed by atoms with van der Waals surface area (Å²) in [7, 11) is 1.66. The van der Waals surface area contributed by atoms with Crippen molar-refractivity contribution in [2.24, 2.45) is 0 Å². The van der Waals surface area contributed by atoms with Gasteiger partial charge < -0.3 is 9.64 Å². The van der Waals surface area contributed by atoms with Crippen LogP contribution >= 0.6 is 11.3 Å². The van der Waals surface area contributed by atoms with Crippen molar-refractivity contribution >= 4 is 38.9 Å². The molecule has 3 heterocycles. The van der Waals surface area contributed by atoms with Gasteiger partial charge in [-0.05, 0) is 49.9 Å². The number of nitrogens with zero attached hydrogens (tertiary/aromatic N) is 3. The third-order valence-corrected chi connectivity index (χ3v) is 6.83. The van der Waals surface area contributed by atoms with Gasteiger partial charge in [0.15, 0.2) is 11.9 Å². The number of Topliss-reactive ketones (excluding diaryl/α,β-unsaturated/α-hetero) is 1. The van der Waals surface area contributed by atoms with Gasteiger partial charge in [0.05, 0.1) is 23.9 Å². The van der Waals surface area contributed by atoms with E-state index >= 15 is 0 Å². The first-order valence-corrected chi connectivity index (χ1v) is 10.4. The lowest BCUT2D eigenvalue weighted by molar-refractivity contribution is -0.125. The summed E-state index contributed by atoms with van der Waals surface area (Å²) in [5.74, 6) is 0.173. The number of rotatable bonds is 3. The van der Waals surface area contributed by atoms with Crippen LogP contribution in [0.4, 0.5) is 5.69 Å². The molecule has 0 radical (unpaired) electrons. The molecule has 0 spiro atoms. The van der Waals surface area contributed by atoms with Gasteiger partial charge in [-0.3, -0.25) is 19.0 Å². The Hall–Kier alpha value is -3.00. The molecule has 0 saturated heterocycles. The van der Waals surface area contributed by atoms with Crippen LogP contribution in [0, 0.1) is 0 Å². The molecule has 1 atom stereocenters. The van der Waals surface area contributed by atoms with Crippen molar-refractivity contribution in [3.8, 4) is 5.75 Å². The summed E-state index contributed by atoms with van der Waals surface area (Å²) < 4.78 is 6.98. The van der Waals surface area contributed by atoms with Crippen LogP contribution in [0.3, 0.4) is 0 Å². The molecule has 0 N–H and O–H groups in total. The van der Waals surface area contributed by atoms with E-state index in [9.17, 15) is 14.4 Å². The average molecular weight is 409 g/mol. The lowest BCUT2D eigenvalue weighted by Gasteiger charge is -2.30. The predicted octanol–water partition coefficient (Wildman–Crippen LogP) is 2.57. The van der Waals surface area contributed by atoms with Crippen molar-refractivity contribution in [2.45, 2.75) is 38.8 Å². The van der Waals surface area contributed by atoms with Gasteiger partial charge in [-0.2, -0.15) is 0 Å². The number of thiophene rings is 1. The summed E-state index contributed by atoms with van der Waals surface area (Å²) in [6.07, 6.45) is 3.85. The van der Waals surface area contributed by atoms with Crippen molar-refractivity contribution in [2.75, 3.05) is 11.9 Å². The number of ether oxygens (including phenoxy) is 1. The van der Waals surface area contributed by atoms with Gasteiger partial charge in [0.2, 0.25) is 0 Å². The van der Waals surface area contributed by atoms with Gasteiger partial charge in [-0.15, -0.1) is 11.3 Å². The molecule has 0 saturated carbocycles. The molecule has 1 unspecified atom stereocenters. The molecule has 148 valence electrons. The highest BCUT2D eigenvalue weighted by Gasteiger charge is 2.29. The first-order chi connectivity index (χ1) is 13.9. The second-order valence-electron chi connectivity index (χ2n) is 7.48. The summed E-state index contributed by atoms with van der Waals surface area (Å²) in [6, 6.07) is 5.00. The number of aryl methyl sites for hydroxylation is 2. The molecule has 1 aliphatic carbocycles. The maximum Gasteiger partial charge on any atom is 0.267 e. The van der Waals surface area contributed by atoms with Gasteiger partial charge in [-0.1, -0.05) is 0 Å². The summed E-state index contributed by atoms with van der Waals surface area (Å²) in [4.78, 5) is 45.9. The molecule has 0 bridgehead atoms. The quantitative estimate of drug-likeness (QED) is 0.621. The van der Waals surface area contributed by atoms with Crippen molar-refractivity contribution in [3.63, 3.8) is 0 Å². The summed E-state index contributed by atoms with van der Waals surface area (Å²) in [5.41, 5.74) is 1.91. The van der Waals surface area contributed by atoms with E-state index < -0.39 is 6.10 Å². The second kappa shape index (κ2) is 6.52. The molecule has 29 heavy (non-hydrogen) atoms. The Morgan fingerprint density at radius 2 is 2.14 bits per heavy atom. The number of hydrogen-bond acceptors (Lipinski definition) is 6. The third kappa shape index (κ3) is 2.78. The number of amides is 1. The van der Waals surface area contributed by atoms with E-state index in [4.69, 9.17) is 4.74 Å². The molecule has 1 aromatic carbocycles. The Kier molecular flexibility index (Phi) is 4.06. The van der Waals surface area contributed by atoms with Gasteiger partial charge >= 0.3 is 0 Å². The van der Waals surface area contributed by atoms with Gasteiger partial charge in [0.25, 0.3) is 11.5 Å². The number of carbonyl (C=O) groups is 2. The highest BCUT2D eigenvalue weighted by Crippen LogP contribution is 2.35. The lowest BCUT2D eigenvalue weighted by atomic mass is 10.1. The fourth-order valence-electron chi connectivity index (χ4n) is 4.06. The van der Waals surface area contributed by atoms with Crippen molar-refractivity contribution < 1.29 is 14.3 Å². The zero-order valence-corrected chi connectivity index (χ0v) is 16.9. The average Bonchev–Trinajstić information content (AvgIpc) is 3.29. The minimum Gasteiger partial charge on any atom is -0.479 e. The van der Waals surface area contributed by atoms with Crippen LogP contribution in [0.2, 0.25) is 0 Å². The number of hydrogen-bond donors (Lipinski definition) is 0. The largest absolute Gasteiger partial charge is 0.479 e.